The molecule has 1 heterocycles. The number of esters is 2. The van der Waals surface area contributed by atoms with E-state index in [2.05, 4.69) is 37.0 Å². The number of hydrogen-bond donors (Lipinski definition) is 0. The second-order valence-electron chi connectivity index (χ2n) is 6.20. The van der Waals surface area contributed by atoms with Crippen LogP contribution >= 0.6 is 31.9 Å². The van der Waals surface area contributed by atoms with Gasteiger partial charge in [0, 0.05) is 21.1 Å². The molecule has 9 nitrogen and oxygen atoms in total. The smallest absolute Gasteiger partial charge is 0.332 e. The molecule has 0 amide bonds. The van der Waals surface area contributed by atoms with E-state index in [-0.39, 0.29) is 11.4 Å². The number of hydrogen-bond acceptors (Lipinski definition) is 8. The summed E-state index contributed by atoms with van der Waals surface area (Å²) in [4.78, 5) is 35.8. The van der Waals surface area contributed by atoms with Crippen molar-refractivity contribution >= 4 is 60.9 Å². The van der Waals surface area contributed by atoms with E-state index in [1.807, 2.05) is 0 Å². The molecular weight excluding hydrogens is 526 g/mol. The number of carbonyl (C=O) groups excluding carboxylic acids is 2. The Morgan fingerprint density at radius 3 is 2.23 bits per heavy atom. The van der Waals surface area contributed by atoms with E-state index < -0.39 is 28.8 Å². The number of nitro benzene ring substituents is 1. The molecule has 0 aromatic heterocycles. The van der Waals surface area contributed by atoms with Crippen molar-refractivity contribution < 1.29 is 24.0 Å². The maximum atomic E-state index is 12.7. The van der Waals surface area contributed by atoms with Crippen LogP contribution in [0.15, 0.2) is 56.5 Å². The van der Waals surface area contributed by atoms with Gasteiger partial charge in [0.1, 0.15) is 5.92 Å². The number of hydrazone groups is 1. The Labute approximate surface area is 188 Å². The van der Waals surface area contributed by atoms with Crippen molar-refractivity contribution in [2.75, 3.05) is 19.2 Å². The lowest BCUT2D eigenvalue weighted by atomic mass is 9.90. The van der Waals surface area contributed by atoms with Crippen molar-refractivity contribution in [1.82, 2.24) is 0 Å². The molecule has 0 saturated carbocycles. The lowest BCUT2D eigenvalue weighted by Gasteiger charge is -2.25. The van der Waals surface area contributed by atoms with Gasteiger partial charge in [-0.2, -0.15) is 5.10 Å². The van der Waals surface area contributed by atoms with E-state index >= 15 is 0 Å². The largest absolute Gasteiger partial charge is 0.468 e. The molecule has 11 heteroatoms. The predicted octanol–water partition coefficient (Wildman–Crippen LogP) is 3.67. The number of non-ortho nitro benzene ring substituents is 1. The van der Waals surface area contributed by atoms with Crippen molar-refractivity contribution in [3.8, 4) is 0 Å². The molecule has 1 aliphatic rings. The van der Waals surface area contributed by atoms with Gasteiger partial charge in [0.25, 0.3) is 5.69 Å². The first-order valence-electron chi connectivity index (χ1n) is 8.51. The third kappa shape index (κ3) is 4.08. The van der Waals surface area contributed by atoms with Gasteiger partial charge in [-0.3, -0.25) is 14.9 Å². The van der Waals surface area contributed by atoms with Gasteiger partial charge in [-0.25, -0.2) is 9.80 Å². The molecule has 0 fully saturated rings. The Morgan fingerprint density at radius 2 is 1.70 bits per heavy atom. The van der Waals surface area contributed by atoms with E-state index in [4.69, 9.17) is 9.47 Å². The first kappa shape index (κ1) is 21.9. The summed E-state index contributed by atoms with van der Waals surface area (Å²) in [5, 5.41) is 16.9. The van der Waals surface area contributed by atoms with Gasteiger partial charge in [0.2, 0.25) is 0 Å². The van der Waals surface area contributed by atoms with Gasteiger partial charge >= 0.3 is 11.9 Å². The number of anilines is 1. The fourth-order valence-corrected chi connectivity index (χ4v) is 4.35. The summed E-state index contributed by atoms with van der Waals surface area (Å²) in [7, 11) is 2.43. The first-order valence-corrected chi connectivity index (χ1v) is 10.1. The zero-order chi connectivity index (χ0) is 22.0. The minimum Gasteiger partial charge on any atom is -0.468 e. The molecule has 0 N–H and O–H groups in total. The Morgan fingerprint density at radius 1 is 1.07 bits per heavy atom. The molecule has 2 aromatic carbocycles. The summed E-state index contributed by atoms with van der Waals surface area (Å²) >= 11 is 6.82. The van der Waals surface area contributed by atoms with E-state index in [1.54, 1.807) is 18.2 Å². The normalized spacial score (nSPS) is 18.0. The molecule has 0 bridgehead atoms. The molecule has 0 saturated heterocycles. The average Bonchev–Trinajstić information content (AvgIpc) is 3.12. The van der Waals surface area contributed by atoms with Crippen molar-refractivity contribution in [3.05, 3.63) is 67.1 Å². The van der Waals surface area contributed by atoms with Crippen LogP contribution < -0.4 is 5.01 Å². The molecule has 156 valence electrons. The lowest BCUT2D eigenvalue weighted by Crippen LogP contribution is -2.45. The van der Waals surface area contributed by atoms with Crippen LogP contribution in [0.4, 0.5) is 11.4 Å². The summed E-state index contributed by atoms with van der Waals surface area (Å²) in [6.45, 7) is 0. The third-order valence-electron chi connectivity index (χ3n) is 4.52. The van der Waals surface area contributed by atoms with Crippen LogP contribution in [0, 0.1) is 16.0 Å². The number of halogens is 2. The molecule has 2 aromatic rings. The third-order valence-corrected chi connectivity index (χ3v) is 5.65. The molecule has 0 radical (unpaired) electrons. The van der Waals surface area contributed by atoms with Crippen molar-refractivity contribution in [1.29, 1.82) is 0 Å². The summed E-state index contributed by atoms with van der Waals surface area (Å²) in [6, 6.07) is 9.69. The molecule has 1 aliphatic heterocycles. The van der Waals surface area contributed by atoms with Gasteiger partial charge < -0.3 is 9.47 Å². The topological polar surface area (TPSA) is 111 Å². The number of benzene rings is 2. The maximum absolute atomic E-state index is 12.7. The molecule has 0 spiro atoms. The molecule has 30 heavy (non-hydrogen) atoms. The Kier molecular flexibility index (Phi) is 6.52. The van der Waals surface area contributed by atoms with E-state index in [0.717, 1.165) is 4.47 Å². The van der Waals surface area contributed by atoms with Crippen LogP contribution in [0.5, 0.6) is 0 Å². The van der Waals surface area contributed by atoms with E-state index in [0.29, 0.717) is 15.7 Å². The maximum Gasteiger partial charge on any atom is 0.332 e. The van der Waals surface area contributed by atoms with Crippen LogP contribution in [0.3, 0.4) is 0 Å². The Balaban J connectivity index is 2.17. The van der Waals surface area contributed by atoms with Gasteiger partial charge in [0.15, 0.2) is 6.04 Å². The Hall–Kier alpha value is -2.79. The summed E-state index contributed by atoms with van der Waals surface area (Å²) in [6.07, 6.45) is 0. The fraction of sp³-hybridized carbons (Fsp3) is 0.211. The second-order valence-corrected chi connectivity index (χ2v) is 7.97. The number of ether oxygens (including phenoxy) is 2. The quantitative estimate of drug-likeness (QED) is 0.323. The highest BCUT2D eigenvalue weighted by atomic mass is 79.9. The minimum absolute atomic E-state index is 0.107. The summed E-state index contributed by atoms with van der Waals surface area (Å²) in [5.41, 5.74) is 1.10. The van der Waals surface area contributed by atoms with Crippen LogP contribution in [0.1, 0.15) is 5.56 Å². The highest BCUT2D eigenvalue weighted by Gasteiger charge is 2.49. The van der Waals surface area contributed by atoms with Crippen LogP contribution in [0.2, 0.25) is 0 Å². The van der Waals surface area contributed by atoms with E-state index in [9.17, 15) is 19.7 Å². The lowest BCUT2D eigenvalue weighted by molar-refractivity contribution is -0.384. The van der Waals surface area contributed by atoms with Gasteiger partial charge in [-0.1, -0.05) is 15.9 Å². The van der Waals surface area contributed by atoms with Crippen LogP contribution in [0.25, 0.3) is 0 Å². The number of carbonyl (C=O) groups is 2. The van der Waals surface area contributed by atoms with E-state index in [1.165, 1.54) is 43.5 Å². The molecule has 0 unspecified atom stereocenters. The highest BCUT2D eigenvalue weighted by Crippen LogP contribution is 2.37. The zero-order valence-corrected chi connectivity index (χ0v) is 18.9. The van der Waals surface area contributed by atoms with Gasteiger partial charge in [0.05, 0.1) is 30.5 Å². The van der Waals surface area contributed by atoms with Gasteiger partial charge in [-0.05, 0) is 51.8 Å². The van der Waals surface area contributed by atoms with Crippen molar-refractivity contribution in [3.63, 3.8) is 0 Å². The highest BCUT2D eigenvalue weighted by molar-refractivity contribution is 9.11. The number of rotatable bonds is 5. The monoisotopic (exact) mass is 539 g/mol. The second kappa shape index (κ2) is 8.92. The first-order chi connectivity index (χ1) is 14.3. The minimum atomic E-state index is -1.12. The number of nitrogens with zero attached hydrogens (tertiary/aromatic N) is 3. The van der Waals surface area contributed by atoms with Gasteiger partial charge in [-0.15, -0.1) is 0 Å². The molecule has 0 aliphatic carbocycles. The number of nitro groups is 1. The van der Waals surface area contributed by atoms with Crippen molar-refractivity contribution in [2.45, 2.75) is 6.04 Å². The molecule has 2 atom stereocenters. The Bertz CT molecular complexity index is 1040. The molecule has 3 rings (SSSR count). The van der Waals surface area contributed by atoms with Crippen LogP contribution in [-0.2, 0) is 19.1 Å². The number of methoxy groups -OCH3 is 2. The SMILES string of the molecule is COC(=O)[C@H]1C(c2ccc([N+](=O)[O-])cc2)=NN(c2ccc(Br)cc2Br)[C@@H]1C(=O)OC. The fourth-order valence-electron chi connectivity index (χ4n) is 3.12. The summed E-state index contributed by atoms with van der Waals surface area (Å²) in [5.74, 6) is -2.46. The average molecular weight is 541 g/mol. The van der Waals surface area contributed by atoms with Crippen LogP contribution in [-0.4, -0.2) is 42.8 Å². The molecular formula is C19H15Br2N3O6. The summed E-state index contributed by atoms with van der Waals surface area (Å²) < 4.78 is 11.3. The zero-order valence-electron chi connectivity index (χ0n) is 15.7. The predicted molar refractivity (Wildman–Crippen MR) is 115 cm³/mol. The van der Waals surface area contributed by atoms with Crippen molar-refractivity contribution in [2.24, 2.45) is 11.0 Å². The standard InChI is InChI=1S/C19H15Br2N3O6/c1-29-18(25)15-16(10-3-6-12(7-4-10)24(27)28)22-23(17(15)19(26)30-2)14-8-5-11(20)9-13(14)21/h3-9,15,17H,1-2H3/t15-,17-/m0/s1.